The van der Waals surface area contributed by atoms with Crippen LogP contribution < -0.4 is 5.32 Å². The van der Waals surface area contributed by atoms with Crippen molar-refractivity contribution in [3.63, 3.8) is 0 Å². The highest BCUT2D eigenvalue weighted by molar-refractivity contribution is 7.17. The van der Waals surface area contributed by atoms with Crippen molar-refractivity contribution in [1.82, 2.24) is 9.88 Å². The molecule has 1 aromatic carbocycles. The summed E-state index contributed by atoms with van der Waals surface area (Å²) in [4.78, 5) is 12.6. The van der Waals surface area contributed by atoms with Gasteiger partial charge in [0.2, 0.25) is 0 Å². The number of carbonyl (C=O) groups excluding carboxylic acids is 1. The first-order valence-electron chi connectivity index (χ1n) is 7.23. The van der Waals surface area contributed by atoms with Gasteiger partial charge in [0.15, 0.2) is 0 Å². The van der Waals surface area contributed by atoms with Gasteiger partial charge in [-0.25, -0.2) is 0 Å². The minimum Gasteiger partial charge on any atom is -0.351 e. The Balaban J connectivity index is 1.56. The number of halogens is 1. The second-order valence-corrected chi connectivity index (χ2v) is 6.92. The molecular formula is C17H17ClN2OS. The molecule has 3 rings (SSSR count). The number of aryl methyl sites for hydroxylation is 2. The molecule has 0 aliphatic carbocycles. The lowest BCUT2D eigenvalue weighted by atomic mass is 10.2. The summed E-state index contributed by atoms with van der Waals surface area (Å²) in [5.74, 6) is -0.0500. The average Bonchev–Trinajstić information content (AvgIpc) is 3.07. The molecule has 2 aromatic heterocycles. The normalized spacial score (nSPS) is 11.0. The molecule has 0 unspecified atom stereocenters. The molecule has 0 radical (unpaired) electrons. The molecule has 0 fully saturated rings. The van der Waals surface area contributed by atoms with Gasteiger partial charge in [-0.3, -0.25) is 4.79 Å². The third-order valence-electron chi connectivity index (χ3n) is 3.66. The average molecular weight is 333 g/mol. The third-order valence-corrected chi connectivity index (χ3v) is 4.89. The van der Waals surface area contributed by atoms with Crippen molar-refractivity contribution in [3.8, 4) is 0 Å². The van der Waals surface area contributed by atoms with Gasteiger partial charge in [0, 0.05) is 24.3 Å². The Morgan fingerprint density at radius 1 is 1.27 bits per heavy atom. The molecule has 0 saturated carbocycles. The second-order valence-electron chi connectivity index (χ2n) is 5.21. The summed E-state index contributed by atoms with van der Waals surface area (Å²) in [6, 6.07) is 14.1. The molecule has 0 aliphatic heterocycles. The van der Waals surface area contributed by atoms with E-state index in [-0.39, 0.29) is 5.91 Å². The molecule has 114 valence electrons. The van der Waals surface area contributed by atoms with Crippen LogP contribution in [0.1, 0.15) is 21.8 Å². The lowest BCUT2D eigenvalue weighted by molar-refractivity contribution is 0.0957. The summed E-state index contributed by atoms with van der Waals surface area (Å²) < 4.78 is 2.93. The fraction of sp³-hybridized carbons (Fsp3) is 0.235. The van der Waals surface area contributed by atoms with Crippen molar-refractivity contribution in [2.24, 2.45) is 0 Å². The van der Waals surface area contributed by atoms with Gasteiger partial charge >= 0.3 is 0 Å². The van der Waals surface area contributed by atoms with Crippen LogP contribution in [0.3, 0.4) is 0 Å². The molecule has 3 aromatic rings. The quantitative estimate of drug-likeness (QED) is 0.686. The van der Waals surface area contributed by atoms with Crippen LogP contribution in [0.25, 0.3) is 10.9 Å². The zero-order valence-electron chi connectivity index (χ0n) is 12.3. The Bertz CT molecular complexity index is 806. The first-order chi connectivity index (χ1) is 10.6. The van der Waals surface area contributed by atoms with Crippen LogP contribution in [0.5, 0.6) is 0 Å². The van der Waals surface area contributed by atoms with Gasteiger partial charge in [-0.1, -0.05) is 29.8 Å². The summed E-state index contributed by atoms with van der Waals surface area (Å²) in [5.41, 5.74) is 2.49. The summed E-state index contributed by atoms with van der Waals surface area (Å²) in [6.07, 6.45) is 0.893. The summed E-state index contributed by atoms with van der Waals surface area (Å²) in [5, 5.41) is 4.20. The Morgan fingerprint density at radius 2 is 2.09 bits per heavy atom. The number of para-hydroxylation sites is 1. The largest absolute Gasteiger partial charge is 0.351 e. The fourth-order valence-corrected chi connectivity index (χ4v) is 3.57. The molecule has 5 heteroatoms. The predicted molar refractivity (Wildman–Crippen MR) is 93.0 cm³/mol. The zero-order chi connectivity index (χ0) is 15.5. The predicted octanol–water partition coefficient (Wildman–Crippen LogP) is 4.48. The number of fused-ring (bicyclic) bond motifs is 1. The molecule has 22 heavy (non-hydrogen) atoms. The van der Waals surface area contributed by atoms with Gasteiger partial charge < -0.3 is 9.88 Å². The van der Waals surface area contributed by atoms with Crippen LogP contribution >= 0.6 is 22.9 Å². The summed E-state index contributed by atoms with van der Waals surface area (Å²) in [6.45, 7) is 3.66. The standard InChI is InChI=1S/C17H17ClN2OS/c1-12-11-13-5-2-3-6-14(13)20(12)10-4-9-19-17(21)15-7-8-16(18)22-15/h2-3,5-8,11H,4,9-10H2,1H3,(H,19,21). The van der Waals surface area contributed by atoms with E-state index in [0.29, 0.717) is 15.8 Å². The van der Waals surface area contributed by atoms with Gasteiger partial charge in [0.25, 0.3) is 5.91 Å². The maximum Gasteiger partial charge on any atom is 0.261 e. The van der Waals surface area contributed by atoms with E-state index in [0.717, 1.165) is 13.0 Å². The van der Waals surface area contributed by atoms with E-state index in [1.807, 2.05) is 0 Å². The monoisotopic (exact) mass is 332 g/mol. The Labute approximate surface area is 138 Å². The fourth-order valence-electron chi connectivity index (χ4n) is 2.61. The van der Waals surface area contributed by atoms with E-state index in [4.69, 9.17) is 11.6 Å². The van der Waals surface area contributed by atoms with E-state index >= 15 is 0 Å². The van der Waals surface area contributed by atoms with Crippen molar-refractivity contribution >= 4 is 39.7 Å². The number of amides is 1. The van der Waals surface area contributed by atoms with Crippen LogP contribution in [0.2, 0.25) is 4.34 Å². The number of thiophene rings is 1. The van der Waals surface area contributed by atoms with Crippen molar-refractivity contribution in [2.45, 2.75) is 19.9 Å². The van der Waals surface area contributed by atoms with Gasteiger partial charge in [-0.15, -0.1) is 11.3 Å². The van der Waals surface area contributed by atoms with Crippen LogP contribution in [0.4, 0.5) is 0 Å². The summed E-state index contributed by atoms with van der Waals surface area (Å²) in [7, 11) is 0. The number of rotatable bonds is 5. The first kappa shape index (κ1) is 15.1. The lowest BCUT2D eigenvalue weighted by Crippen LogP contribution is -2.24. The van der Waals surface area contributed by atoms with Gasteiger partial charge in [-0.2, -0.15) is 0 Å². The van der Waals surface area contributed by atoms with E-state index < -0.39 is 0 Å². The van der Waals surface area contributed by atoms with Gasteiger partial charge in [-0.05, 0) is 43.0 Å². The molecule has 0 bridgehead atoms. The topological polar surface area (TPSA) is 34.0 Å². The number of nitrogens with zero attached hydrogens (tertiary/aromatic N) is 1. The highest BCUT2D eigenvalue weighted by atomic mass is 35.5. The van der Waals surface area contributed by atoms with Crippen LogP contribution in [0, 0.1) is 6.92 Å². The maximum atomic E-state index is 11.9. The van der Waals surface area contributed by atoms with E-state index in [1.165, 1.54) is 27.9 Å². The number of hydrogen-bond acceptors (Lipinski definition) is 2. The smallest absolute Gasteiger partial charge is 0.261 e. The molecule has 2 heterocycles. The number of nitrogens with one attached hydrogen (secondary N) is 1. The summed E-state index contributed by atoms with van der Waals surface area (Å²) >= 11 is 7.15. The van der Waals surface area contributed by atoms with E-state index in [1.54, 1.807) is 12.1 Å². The third kappa shape index (κ3) is 3.18. The SMILES string of the molecule is Cc1cc2ccccc2n1CCCNC(=O)c1ccc(Cl)s1. The highest BCUT2D eigenvalue weighted by Gasteiger charge is 2.08. The van der Waals surface area contributed by atoms with Gasteiger partial charge in [0.05, 0.1) is 9.21 Å². The Morgan fingerprint density at radius 3 is 2.86 bits per heavy atom. The minimum absolute atomic E-state index is 0.0500. The molecule has 1 amide bonds. The lowest BCUT2D eigenvalue weighted by Gasteiger charge is -2.09. The van der Waals surface area contributed by atoms with Crippen LogP contribution in [0.15, 0.2) is 42.5 Å². The molecule has 0 spiro atoms. The molecule has 1 N–H and O–H groups in total. The van der Waals surface area contributed by atoms with Crippen molar-refractivity contribution in [2.75, 3.05) is 6.54 Å². The zero-order valence-corrected chi connectivity index (χ0v) is 13.9. The minimum atomic E-state index is -0.0500. The van der Waals surface area contributed by atoms with E-state index in [9.17, 15) is 4.79 Å². The van der Waals surface area contributed by atoms with Crippen LogP contribution in [-0.4, -0.2) is 17.0 Å². The maximum absolute atomic E-state index is 11.9. The molecule has 0 atom stereocenters. The van der Waals surface area contributed by atoms with Crippen molar-refractivity contribution < 1.29 is 4.79 Å². The van der Waals surface area contributed by atoms with Crippen molar-refractivity contribution in [1.29, 1.82) is 0 Å². The number of carbonyl (C=O) groups is 1. The molecule has 0 aliphatic rings. The number of hydrogen-bond donors (Lipinski definition) is 1. The molecular weight excluding hydrogens is 316 g/mol. The highest BCUT2D eigenvalue weighted by Crippen LogP contribution is 2.21. The molecule has 0 saturated heterocycles. The second kappa shape index (κ2) is 6.55. The van der Waals surface area contributed by atoms with E-state index in [2.05, 4.69) is 47.1 Å². The number of aromatic nitrogens is 1. The van der Waals surface area contributed by atoms with Gasteiger partial charge in [0.1, 0.15) is 0 Å². The van der Waals surface area contributed by atoms with Crippen molar-refractivity contribution in [3.05, 3.63) is 57.4 Å². The first-order valence-corrected chi connectivity index (χ1v) is 8.43. The Hall–Kier alpha value is -1.78. The molecule has 3 nitrogen and oxygen atoms in total. The van der Waals surface area contributed by atoms with Crippen LogP contribution in [-0.2, 0) is 6.54 Å². The Kier molecular flexibility index (Phi) is 4.50. The number of benzene rings is 1.